The molecule has 0 aromatic carbocycles. The zero-order chi connectivity index (χ0) is 18.5. The summed E-state index contributed by atoms with van der Waals surface area (Å²) in [7, 11) is 1.85. The molecule has 2 N–H and O–H groups in total. The van der Waals surface area contributed by atoms with Crippen molar-refractivity contribution in [3.63, 3.8) is 0 Å². The first-order chi connectivity index (χ1) is 11.0. The topological polar surface area (TPSA) is 64.0 Å². The molecule has 5 heteroatoms. The van der Waals surface area contributed by atoms with Gasteiger partial charge in [-0.25, -0.2) is 0 Å². The van der Waals surface area contributed by atoms with E-state index in [0.29, 0.717) is 31.2 Å². The minimum Gasteiger partial charge on any atom is -0.393 e. The maximum atomic E-state index is 12.5. The van der Waals surface area contributed by atoms with Crippen LogP contribution in [0.25, 0.3) is 0 Å². The van der Waals surface area contributed by atoms with E-state index in [1.165, 1.54) is 0 Å². The van der Waals surface area contributed by atoms with Crippen LogP contribution in [-0.4, -0.2) is 64.4 Å². The molecule has 5 nitrogen and oxygen atoms in total. The van der Waals surface area contributed by atoms with Crippen molar-refractivity contribution < 1.29 is 15.0 Å². The van der Waals surface area contributed by atoms with Crippen LogP contribution in [-0.2, 0) is 4.79 Å². The molecule has 1 unspecified atom stereocenters. The second-order valence-electron chi connectivity index (χ2n) is 8.37. The van der Waals surface area contributed by atoms with Crippen molar-refractivity contribution in [3.8, 4) is 0 Å². The van der Waals surface area contributed by atoms with Crippen LogP contribution >= 0.6 is 0 Å². The highest BCUT2D eigenvalue weighted by molar-refractivity contribution is 5.76. The fourth-order valence-corrected chi connectivity index (χ4v) is 3.64. The number of piperidine rings is 1. The van der Waals surface area contributed by atoms with Gasteiger partial charge in [0.05, 0.1) is 6.10 Å². The van der Waals surface area contributed by atoms with E-state index >= 15 is 0 Å². The van der Waals surface area contributed by atoms with E-state index in [0.717, 1.165) is 25.9 Å². The molecule has 1 saturated heterocycles. The molecule has 1 amide bonds. The molecule has 1 aliphatic rings. The molecule has 0 saturated carbocycles. The van der Waals surface area contributed by atoms with Gasteiger partial charge in [0.15, 0.2) is 0 Å². The molecule has 0 aliphatic carbocycles. The summed E-state index contributed by atoms with van der Waals surface area (Å²) in [6.07, 6.45) is 3.01. The number of hydrogen-bond acceptors (Lipinski definition) is 4. The minimum atomic E-state index is -0.806. The molecule has 0 aromatic heterocycles. The predicted octanol–water partition coefficient (Wildman–Crippen LogP) is 2.32. The van der Waals surface area contributed by atoms with Crippen molar-refractivity contribution in [2.75, 3.05) is 26.7 Å². The number of likely N-dealkylation sites (tertiary alicyclic amines) is 1. The molecule has 1 aliphatic heterocycles. The zero-order valence-corrected chi connectivity index (χ0v) is 16.5. The van der Waals surface area contributed by atoms with Gasteiger partial charge in [-0.15, -0.1) is 0 Å². The summed E-state index contributed by atoms with van der Waals surface area (Å²) in [5.74, 6) is 0.939. The molecule has 4 atom stereocenters. The third-order valence-corrected chi connectivity index (χ3v) is 5.47. The Morgan fingerprint density at radius 2 is 1.96 bits per heavy atom. The van der Waals surface area contributed by atoms with Crippen molar-refractivity contribution in [3.05, 3.63) is 0 Å². The first kappa shape index (κ1) is 21.4. The van der Waals surface area contributed by atoms with Crippen molar-refractivity contribution >= 4 is 5.91 Å². The Morgan fingerprint density at radius 1 is 1.33 bits per heavy atom. The molecular formula is C19H38N2O3. The number of hydrogen-bond donors (Lipinski definition) is 2. The number of amides is 1. The van der Waals surface area contributed by atoms with Crippen molar-refractivity contribution in [1.29, 1.82) is 0 Å². The molecule has 142 valence electrons. The first-order valence-electron chi connectivity index (χ1n) is 9.43. The van der Waals surface area contributed by atoms with E-state index in [1.807, 2.05) is 27.8 Å². The van der Waals surface area contributed by atoms with Crippen molar-refractivity contribution in [2.24, 2.45) is 17.8 Å². The Bertz CT molecular complexity index is 396. The van der Waals surface area contributed by atoms with Crippen LogP contribution in [0.2, 0.25) is 0 Å². The fraction of sp³-hybridized carbons (Fsp3) is 0.947. The van der Waals surface area contributed by atoms with Crippen molar-refractivity contribution in [1.82, 2.24) is 9.80 Å². The van der Waals surface area contributed by atoms with E-state index in [9.17, 15) is 15.0 Å². The van der Waals surface area contributed by atoms with Gasteiger partial charge >= 0.3 is 0 Å². The normalized spacial score (nSPS) is 24.5. The Morgan fingerprint density at radius 3 is 2.50 bits per heavy atom. The van der Waals surface area contributed by atoms with E-state index in [1.54, 1.807) is 11.8 Å². The second-order valence-corrected chi connectivity index (χ2v) is 8.37. The maximum Gasteiger partial charge on any atom is 0.222 e. The molecule has 0 bridgehead atoms. The van der Waals surface area contributed by atoms with Crippen LogP contribution in [0.15, 0.2) is 0 Å². The lowest BCUT2D eigenvalue weighted by Crippen LogP contribution is -2.54. The number of aliphatic hydroxyl groups excluding tert-OH is 1. The number of rotatable bonds is 8. The van der Waals surface area contributed by atoms with E-state index in [-0.39, 0.29) is 17.9 Å². The Labute approximate surface area is 148 Å². The zero-order valence-electron chi connectivity index (χ0n) is 16.5. The number of carbonyl (C=O) groups excluding carboxylic acids is 1. The SMILES string of the molecule is CC(O)C[C@@H](C)CN(C)C(=O)C[C@H]1CCCN([C@](C)(O)C(C)C)C1. The highest BCUT2D eigenvalue weighted by Crippen LogP contribution is 2.29. The smallest absolute Gasteiger partial charge is 0.222 e. The van der Waals surface area contributed by atoms with E-state index in [2.05, 4.69) is 11.8 Å². The van der Waals surface area contributed by atoms with Crippen LogP contribution in [0.5, 0.6) is 0 Å². The van der Waals surface area contributed by atoms with Gasteiger partial charge in [0.25, 0.3) is 0 Å². The molecule has 1 rings (SSSR count). The van der Waals surface area contributed by atoms with Crippen LogP contribution in [0.4, 0.5) is 0 Å². The van der Waals surface area contributed by atoms with Gasteiger partial charge in [-0.3, -0.25) is 9.69 Å². The second kappa shape index (κ2) is 9.16. The van der Waals surface area contributed by atoms with Gasteiger partial charge in [0.2, 0.25) is 5.91 Å². The summed E-state index contributed by atoms with van der Waals surface area (Å²) < 4.78 is 0. The van der Waals surface area contributed by atoms with Crippen LogP contribution in [0, 0.1) is 17.8 Å². The minimum absolute atomic E-state index is 0.163. The first-order valence-corrected chi connectivity index (χ1v) is 9.43. The standard InChI is InChI=1S/C19H38N2O3/c1-14(2)19(5,24)21-9-7-8-17(13-21)11-18(23)20(6)12-15(3)10-16(4)22/h14-17,22,24H,7-13H2,1-6H3/t15-,16?,17-,19-/m1/s1. The molecule has 1 fully saturated rings. The van der Waals surface area contributed by atoms with E-state index in [4.69, 9.17) is 0 Å². The average molecular weight is 343 g/mol. The number of carbonyl (C=O) groups is 1. The van der Waals surface area contributed by atoms with Crippen LogP contribution < -0.4 is 0 Å². The summed E-state index contributed by atoms with van der Waals surface area (Å²) in [5, 5.41) is 20.1. The number of nitrogens with zero attached hydrogens (tertiary/aromatic N) is 2. The average Bonchev–Trinajstić information content (AvgIpc) is 2.46. The van der Waals surface area contributed by atoms with Gasteiger partial charge in [-0.2, -0.15) is 0 Å². The highest BCUT2D eigenvalue weighted by Gasteiger charge is 2.36. The summed E-state index contributed by atoms with van der Waals surface area (Å²) >= 11 is 0. The predicted molar refractivity (Wildman–Crippen MR) is 97.5 cm³/mol. The lowest BCUT2D eigenvalue weighted by atomic mass is 9.90. The molecular weight excluding hydrogens is 304 g/mol. The fourth-order valence-electron chi connectivity index (χ4n) is 3.64. The highest BCUT2D eigenvalue weighted by atomic mass is 16.3. The lowest BCUT2D eigenvalue weighted by Gasteiger charge is -2.44. The lowest BCUT2D eigenvalue weighted by molar-refractivity contribution is -0.146. The summed E-state index contributed by atoms with van der Waals surface area (Å²) in [6.45, 7) is 12.2. The number of aliphatic hydroxyl groups is 2. The Balaban J connectivity index is 2.51. The van der Waals surface area contributed by atoms with E-state index < -0.39 is 5.72 Å². The quantitative estimate of drug-likeness (QED) is 0.710. The van der Waals surface area contributed by atoms with Gasteiger partial charge in [0.1, 0.15) is 5.72 Å². The van der Waals surface area contributed by atoms with Crippen molar-refractivity contribution in [2.45, 2.75) is 72.1 Å². The summed E-state index contributed by atoms with van der Waals surface area (Å²) in [5.41, 5.74) is -0.806. The summed E-state index contributed by atoms with van der Waals surface area (Å²) in [4.78, 5) is 16.4. The molecule has 0 radical (unpaired) electrons. The molecule has 1 heterocycles. The van der Waals surface area contributed by atoms with Crippen LogP contribution in [0.3, 0.4) is 0 Å². The Hall–Kier alpha value is -0.650. The third-order valence-electron chi connectivity index (χ3n) is 5.47. The monoisotopic (exact) mass is 342 g/mol. The molecule has 0 aromatic rings. The van der Waals surface area contributed by atoms with Crippen LogP contribution in [0.1, 0.15) is 60.3 Å². The van der Waals surface area contributed by atoms with Gasteiger partial charge in [-0.05, 0) is 50.9 Å². The van der Waals surface area contributed by atoms with Gasteiger partial charge in [-0.1, -0.05) is 20.8 Å². The molecule has 0 spiro atoms. The largest absolute Gasteiger partial charge is 0.393 e. The molecule has 24 heavy (non-hydrogen) atoms. The maximum absolute atomic E-state index is 12.5. The van der Waals surface area contributed by atoms with Gasteiger partial charge < -0.3 is 15.1 Å². The Kier molecular flexibility index (Phi) is 8.16. The third kappa shape index (κ3) is 6.34. The van der Waals surface area contributed by atoms with Gasteiger partial charge in [0, 0.05) is 33.1 Å². The summed E-state index contributed by atoms with van der Waals surface area (Å²) in [6, 6.07) is 0.